The minimum atomic E-state index is -0.675. The number of carbonyl (C=O) groups is 3. The number of nitrogens with zero attached hydrogens (tertiary/aromatic N) is 3. The van der Waals surface area contributed by atoms with Crippen molar-refractivity contribution in [2.45, 2.75) is 77.4 Å². The number of aromatic nitrogens is 2. The summed E-state index contributed by atoms with van der Waals surface area (Å²) < 4.78 is 10.8. The summed E-state index contributed by atoms with van der Waals surface area (Å²) in [5.41, 5.74) is 2.51. The maximum Gasteiger partial charge on any atom is 0.313 e. The van der Waals surface area contributed by atoms with E-state index in [9.17, 15) is 14.4 Å². The number of hydrogen-bond donors (Lipinski definition) is 1. The molecule has 5 rings (SSSR count). The van der Waals surface area contributed by atoms with E-state index in [1.165, 1.54) is 17.7 Å². The molecule has 0 spiro atoms. The van der Waals surface area contributed by atoms with Crippen LogP contribution in [0.25, 0.3) is 10.1 Å². The highest BCUT2D eigenvalue weighted by molar-refractivity contribution is 7.13. The van der Waals surface area contributed by atoms with Crippen molar-refractivity contribution in [2.24, 2.45) is 5.92 Å². The second kappa shape index (κ2) is 10.4. The van der Waals surface area contributed by atoms with Gasteiger partial charge in [-0.15, -0.1) is 0 Å². The molecule has 2 aliphatic rings. The number of esters is 1. The Labute approximate surface area is 226 Å². The molecule has 38 heavy (non-hydrogen) atoms. The maximum absolute atomic E-state index is 13.4. The van der Waals surface area contributed by atoms with Crippen molar-refractivity contribution in [3.63, 3.8) is 0 Å². The molecule has 2 fully saturated rings. The van der Waals surface area contributed by atoms with E-state index in [-0.39, 0.29) is 18.4 Å². The van der Waals surface area contributed by atoms with Crippen molar-refractivity contribution in [3.8, 4) is 0 Å². The van der Waals surface area contributed by atoms with Crippen LogP contribution in [0.1, 0.15) is 82.2 Å². The molecule has 1 saturated carbocycles. The van der Waals surface area contributed by atoms with E-state index < -0.39 is 17.4 Å². The second-order valence-electron chi connectivity index (χ2n) is 11.5. The molecule has 0 unspecified atom stereocenters. The van der Waals surface area contributed by atoms with Crippen LogP contribution in [0.3, 0.4) is 0 Å². The van der Waals surface area contributed by atoms with Gasteiger partial charge in [0.2, 0.25) is 0 Å². The lowest BCUT2D eigenvalue weighted by atomic mass is 9.89. The van der Waals surface area contributed by atoms with Gasteiger partial charge in [0.05, 0.1) is 34.7 Å². The van der Waals surface area contributed by atoms with Crippen molar-refractivity contribution >= 4 is 45.1 Å². The number of piperidine rings is 1. The number of nitrogens with one attached hydrogen (secondary N) is 1. The topological polar surface area (TPSA) is 101 Å². The van der Waals surface area contributed by atoms with Gasteiger partial charge in [0.25, 0.3) is 0 Å². The van der Waals surface area contributed by atoms with Gasteiger partial charge in [0, 0.05) is 18.1 Å². The highest BCUT2D eigenvalue weighted by atomic mass is 32.1. The van der Waals surface area contributed by atoms with Crippen LogP contribution in [0, 0.1) is 5.92 Å². The Morgan fingerprint density at radius 1 is 1.11 bits per heavy atom. The zero-order valence-electron chi connectivity index (χ0n) is 22.3. The summed E-state index contributed by atoms with van der Waals surface area (Å²) in [5.74, 6) is -0.937. The number of benzene rings is 1. The fourth-order valence-corrected chi connectivity index (χ4v) is 5.75. The number of amides is 2. The first-order chi connectivity index (χ1) is 18.1. The molecule has 1 saturated heterocycles. The zero-order chi connectivity index (χ0) is 27.0. The third kappa shape index (κ3) is 6.04. The lowest BCUT2D eigenvalue weighted by Crippen LogP contribution is -2.46. The van der Waals surface area contributed by atoms with E-state index in [0.717, 1.165) is 46.9 Å². The monoisotopic (exact) mass is 534 g/mol. The van der Waals surface area contributed by atoms with E-state index in [1.54, 1.807) is 4.90 Å². The van der Waals surface area contributed by atoms with Crippen LogP contribution in [0.5, 0.6) is 0 Å². The molecule has 3 aromatic rings. The van der Waals surface area contributed by atoms with Crippen LogP contribution >= 0.6 is 11.5 Å². The van der Waals surface area contributed by atoms with Crippen molar-refractivity contribution < 1.29 is 19.1 Å². The third-order valence-corrected chi connectivity index (χ3v) is 7.82. The molecule has 200 valence electrons. The average Bonchev–Trinajstić information content (AvgIpc) is 3.59. The number of likely N-dealkylation sites (tertiary alicyclic amines) is 1. The molecule has 1 aromatic carbocycles. The molecule has 9 heteroatoms. The van der Waals surface area contributed by atoms with Gasteiger partial charge >= 0.3 is 17.8 Å². The summed E-state index contributed by atoms with van der Waals surface area (Å²) in [6.07, 6.45) is 7.25. The molecule has 0 bridgehead atoms. The Kier molecular flexibility index (Phi) is 7.22. The Hall–Kier alpha value is -3.33. The number of ether oxygens (including phenoxy) is 1. The predicted octanol–water partition coefficient (Wildman–Crippen LogP) is 5.39. The number of carbonyl (C=O) groups excluding carboxylic acids is 3. The average molecular weight is 535 g/mol. The van der Waals surface area contributed by atoms with Crippen LogP contribution < -0.4 is 5.32 Å². The highest BCUT2D eigenvalue weighted by Gasteiger charge is 2.35. The molecule has 2 aromatic heterocycles. The molecule has 8 nitrogen and oxygen atoms in total. The Morgan fingerprint density at radius 2 is 1.89 bits per heavy atom. The Bertz CT molecular complexity index is 1370. The van der Waals surface area contributed by atoms with Gasteiger partial charge in [0.1, 0.15) is 5.60 Å². The fraction of sp³-hybridized carbons (Fsp3) is 0.483. The number of hydrogen-bond acceptors (Lipinski definition) is 7. The van der Waals surface area contributed by atoms with Crippen LogP contribution in [0.15, 0.2) is 36.7 Å². The van der Waals surface area contributed by atoms with Gasteiger partial charge in [-0.2, -0.15) is 4.37 Å². The van der Waals surface area contributed by atoms with Crippen LogP contribution in [-0.4, -0.2) is 44.2 Å². The molecule has 2 amide bonds. The fourth-order valence-electron chi connectivity index (χ4n) is 5.13. The standard InChI is InChI=1S/C29H34N4O4S/c1-17-5-9-24(19-8-10-25-20(11-19)14-31-38-25)33(16-17)28(36)27(35)32-21-12-22(18-6-7-18)23(30-15-21)13-26(34)37-29(2,3)4/h8,10-12,14-15,17-18,24H,5-7,9,13,16H2,1-4H3,(H,32,35)/t17-,24+/m0/s1. The molecular formula is C29H34N4O4S. The van der Waals surface area contributed by atoms with Gasteiger partial charge in [0.15, 0.2) is 0 Å². The van der Waals surface area contributed by atoms with Gasteiger partial charge in [-0.1, -0.05) is 13.0 Å². The van der Waals surface area contributed by atoms with E-state index in [2.05, 4.69) is 27.7 Å². The van der Waals surface area contributed by atoms with E-state index in [4.69, 9.17) is 4.74 Å². The second-order valence-corrected chi connectivity index (χ2v) is 12.4. The molecule has 1 aliphatic heterocycles. The van der Waals surface area contributed by atoms with Crippen LogP contribution in [0.4, 0.5) is 5.69 Å². The summed E-state index contributed by atoms with van der Waals surface area (Å²) in [7, 11) is 0. The van der Waals surface area contributed by atoms with Gasteiger partial charge in [-0.05, 0) is 99.1 Å². The Morgan fingerprint density at radius 3 is 2.63 bits per heavy atom. The summed E-state index contributed by atoms with van der Waals surface area (Å²) in [5, 5.41) is 3.83. The molecule has 1 N–H and O–H groups in total. The molecular weight excluding hydrogens is 500 g/mol. The van der Waals surface area contributed by atoms with E-state index >= 15 is 0 Å². The van der Waals surface area contributed by atoms with E-state index in [0.29, 0.717) is 29.8 Å². The summed E-state index contributed by atoms with van der Waals surface area (Å²) in [6, 6.07) is 7.84. The van der Waals surface area contributed by atoms with Crippen molar-refractivity contribution in [1.82, 2.24) is 14.3 Å². The summed E-state index contributed by atoms with van der Waals surface area (Å²) in [4.78, 5) is 45.2. The third-order valence-electron chi connectivity index (χ3n) is 7.04. The van der Waals surface area contributed by atoms with E-state index in [1.807, 2.05) is 45.2 Å². The highest BCUT2D eigenvalue weighted by Crippen LogP contribution is 2.42. The number of rotatable bonds is 5. The zero-order valence-corrected chi connectivity index (χ0v) is 23.1. The predicted molar refractivity (Wildman–Crippen MR) is 147 cm³/mol. The van der Waals surface area contributed by atoms with Crippen molar-refractivity contribution in [1.29, 1.82) is 0 Å². The van der Waals surface area contributed by atoms with Gasteiger partial charge in [-0.3, -0.25) is 19.4 Å². The minimum absolute atomic E-state index is 0.0770. The lowest BCUT2D eigenvalue weighted by molar-refractivity contribution is -0.154. The SMILES string of the molecule is C[C@H]1CC[C@H](c2ccc3sncc3c2)N(C(=O)C(=O)Nc2cnc(CC(=O)OC(C)(C)C)c(C3CC3)c2)C1. The van der Waals surface area contributed by atoms with Crippen molar-refractivity contribution in [2.75, 3.05) is 11.9 Å². The first-order valence-electron chi connectivity index (χ1n) is 13.2. The minimum Gasteiger partial charge on any atom is -0.460 e. The summed E-state index contributed by atoms with van der Waals surface area (Å²) in [6.45, 7) is 8.14. The Balaban J connectivity index is 1.32. The normalized spacial score (nSPS) is 19.8. The smallest absolute Gasteiger partial charge is 0.313 e. The maximum atomic E-state index is 13.4. The number of anilines is 1. The number of pyridine rings is 1. The molecule has 0 radical (unpaired) electrons. The molecule has 1 aliphatic carbocycles. The first kappa shape index (κ1) is 26.3. The lowest BCUT2D eigenvalue weighted by Gasteiger charge is -2.38. The van der Waals surface area contributed by atoms with Gasteiger partial charge < -0.3 is 15.0 Å². The van der Waals surface area contributed by atoms with Crippen LogP contribution in [-0.2, 0) is 25.5 Å². The quantitative estimate of drug-likeness (QED) is 0.348. The van der Waals surface area contributed by atoms with Crippen LogP contribution in [0.2, 0.25) is 0 Å². The van der Waals surface area contributed by atoms with Crippen molar-refractivity contribution in [3.05, 3.63) is 53.5 Å². The number of fused-ring (bicyclic) bond motifs is 1. The molecule has 3 heterocycles. The van der Waals surface area contributed by atoms with Gasteiger partial charge in [-0.25, -0.2) is 0 Å². The largest absolute Gasteiger partial charge is 0.460 e. The first-order valence-corrected chi connectivity index (χ1v) is 14.0. The summed E-state index contributed by atoms with van der Waals surface area (Å²) >= 11 is 1.44. The molecule has 2 atom stereocenters.